The van der Waals surface area contributed by atoms with Crippen molar-refractivity contribution in [3.05, 3.63) is 73.4 Å². The largest absolute Gasteiger partial charge is 0.394 e. The van der Waals surface area contributed by atoms with E-state index in [1.165, 1.54) is 32.1 Å². The predicted octanol–water partition coefficient (Wildman–Crippen LogP) is 5.29. The minimum absolute atomic E-state index is 0.0276. The molecular weight excluding hydrogens is 306 g/mol. The van der Waals surface area contributed by atoms with Gasteiger partial charge in [0.1, 0.15) is 0 Å². The molecule has 0 saturated heterocycles. The van der Waals surface area contributed by atoms with Gasteiger partial charge in [0, 0.05) is 12.6 Å². The van der Waals surface area contributed by atoms with Crippen LogP contribution in [0.2, 0.25) is 0 Å². The van der Waals surface area contributed by atoms with Crippen molar-refractivity contribution in [2.24, 2.45) is 5.92 Å². The lowest BCUT2D eigenvalue weighted by Crippen LogP contribution is -2.39. The molecule has 0 spiro atoms. The van der Waals surface area contributed by atoms with Crippen LogP contribution in [0.15, 0.2) is 67.8 Å². The molecular formula is C23H33NO. The maximum absolute atomic E-state index is 10.1. The summed E-state index contributed by atoms with van der Waals surface area (Å²) in [6, 6.07) is 10.5. The second-order valence-corrected chi connectivity index (χ2v) is 6.97. The van der Waals surface area contributed by atoms with E-state index in [9.17, 15) is 5.11 Å². The lowest BCUT2D eigenvalue weighted by molar-refractivity contribution is 0.111. The van der Waals surface area contributed by atoms with Crippen LogP contribution in [0.5, 0.6) is 0 Å². The molecule has 136 valence electrons. The Labute approximate surface area is 153 Å². The topological polar surface area (TPSA) is 23.5 Å². The van der Waals surface area contributed by atoms with E-state index >= 15 is 0 Å². The van der Waals surface area contributed by atoms with Gasteiger partial charge < -0.3 is 5.11 Å². The summed E-state index contributed by atoms with van der Waals surface area (Å²) >= 11 is 0. The molecule has 0 aromatic heterocycles. The molecule has 2 rings (SSSR count). The summed E-state index contributed by atoms with van der Waals surface area (Å²) in [5.74, 6) is 0.705. The zero-order chi connectivity index (χ0) is 17.9. The van der Waals surface area contributed by atoms with Crippen LogP contribution in [0.3, 0.4) is 0 Å². The van der Waals surface area contributed by atoms with Gasteiger partial charge in [0.2, 0.25) is 0 Å². The minimum atomic E-state index is -0.0276. The van der Waals surface area contributed by atoms with E-state index in [-0.39, 0.29) is 18.7 Å². The van der Waals surface area contributed by atoms with Crippen LogP contribution in [-0.4, -0.2) is 29.2 Å². The molecule has 0 amide bonds. The van der Waals surface area contributed by atoms with Gasteiger partial charge in [-0.2, -0.15) is 0 Å². The highest BCUT2D eigenvalue weighted by Gasteiger charge is 2.24. The first kappa shape index (κ1) is 19.7. The molecule has 1 N–H and O–H groups in total. The lowest BCUT2D eigenvalue weighted by Gasteiger charge is -2.35. The second-order valence-electron chi connectivity index (χ2n) is 6.97. The third-order valence-electron chi connectivity index (χ3n) is 5.19. The molecule has 0 heterocycles. The molecule has 0 unspecified atom stereocenters. The predicted molar refractivity (Wildman–Crippen MR) is 107 cm³/mol. The molecule has 1 saturated carbocycles. The zero-order valence-electron chi connectivity index (χ0n) is 15.4. The van der Waals surface area contributed by atoms with Gasteiger partial charge in [-0.3, -0.25) is 4.90 Å². The minimum Gasteiger partial charge on any atom is -0.394 e. The highest BCUT2D eigenvalue weighted by Crippen LogP contribution is 2.28. The van der Waals surface area contributed by atoms with E-state index < -0.39 is 0 Å². The molecule has 1 aromatic rings. The van der Waals surface area contributed by atoms with E-state index in [1.807, 2.05) is 30.4 Å². The van der Waals surface area contributed by atoms with Gasteiger partial charge in [-0.25, -0.2) is 0 Å². The molecule has 1 aliphatic rings. The summed E-state index contributed by atoms with van der Waals surface area (Å²) in [5.41, 5.74) is 1.15. The van der Waals surface area contributed by atoms with Gasteiger partial charge in [0.25, 0.3) is 0 Å². The number of hydrogen-bond acceptors (Lipinski definition) is 2. The van der Waals surface area contributed by atoms with Crippen LogP contribution in [-0.2, 0) is 0 Å². The summed E-state index contributed by atoms with van der Waals surface area (Å²) in [7, 11) is 0. The smallest absolute Gasteiger partial charge is 0.0628 e. The van der Waals surface area contributed by atoms with Crippen molar-refractivity contribution in [3.63, 3.8) is 0 Å². The van der Waals surface area contributed by atoms with Crippen LogP contribution in [0.1, 0.15) is 50.1 Å². The van der Waals surface area contributed by atoms with Crippen LogP contribution in [0.25, 0.3) is 0 Å². The van der Waals surface area contributed by atoms with Crippen molar-refractivity contribution in [1.29, 1.82) is 0 Å². The summed E-state index contributed by atoms with van der Waals surface area (Å²) in [4.78, 5) is 2.34. The molecule has 0 aliphatic heterocycles. The molecule has 0 radical (unpaired) electrons. The first-order valence-electron chi connectivity index (χ1n) is 9.61. The van der Waals surface area contributed by atoms with Crippen molar-refractivity contribution in [2.45, 2.75) is 50.6 Å². The highest BCUT2D eigenvalue weighted by molar-refractivity contribution is 5.20. The molecule has 1 fully saturated rings. The van der Waals surface area contributed by atoms with Gasteiger partial charge in [-0.05, 0) is 30.7 Å². The van der Waals surface area contributed by atoms with E-state index in [4.69, 9.17) is 0 Å². The Kier molecular flexibility index (Phi) is 8.71. The number of allylic oxidation sites excluding steroid dienone is 1. The van der Waals surface area contributed by atoms with Crippen molar-refractivity contribution in [2.75, 3.05) is 13.2 Å². The van der Waals surface area contributed by atoms with Gasteiger partial charge in [-0.15, -0.1) is 13.2 Å². The Balaban J connectivity index is 2.20. The van der Waals surface area contributed by atoms with E-state index in [1.54, 1.807) is 0 Å². The third kappa shape index (κ3) is 5.98. The highest BCUT2D eigenvalue weighted by atomic mass is 16.3. The normalized spacial score (nSPS) is 18.3. The Morgan fingerprint density at radius 3 is 2.40 bits per heavy atom. The Morgan fingerprint density at radius 1 is 1.08 bits per heavy atom. The maximum atomic E-state index is 10.1. The van der Waals surface area contributed by atoms with Gasteiger partial charge >= 0.3 is 0 Å². The molecule has 2 atom stereocenters. The number of benzene rings is 1. The third-order valence-corrected chi connectivity index (χ3v) is 5.19. The van der Waals surface area contributed by atoms with Gasteiger partial charge in [-0.1, -0.05) is 73.9 Å². The number of aliphatic hydroxyl groups is 1. The van der Waals surface area contributed by atoms with Crippen molar-refractivity contribution in [1.82, 2.24) is 4.90 Å². The summed E-state index contributed by atoms with van der Waals surface area (Å²) in [6.45, 7) is 8.72. The average Bonchev–Trinajstić information content (AvgIpc) is 2.67. The monoisotopic (exact) mass is 339 g/mol. The van der Waals surface area contributed by atoms with E-state index in [0.29, 0.717) is 5.92 Å². The molecule has 2 heteroatoms. The summed E-state index contributed by atoms with van der Waals surface area (Å²) < 4.78 is 0. The zero-order valence-corrected chi connectivity index (χ0v) is 15.4. The van der Waals surface area contributed by atoms with Crippen molar-refractivity contribution < 1.29 is 5.11 Å². The maximum Gasteiger partial charge on any atom is 0.0628 e. The fourth-order valence-corrected chi connectivity index (χ4v) is 3.83. The van der Waals surface area contributed by atoms with Crippen LogP contribution < -0.4 is 0 Å². The first-order valence-corrected chi connectivity index (χ1v) is 9.61. The van der Waals surface area contributed by atoms with Crippen LogP contribution >= 0.6 is 0 Å². The van der Waals surface area contributed by atoms with Gasteiger partial charge in [0.05, 0.1) is 12.6 Å². The fraction of sp³-hybridized carbons (Fsp3) is 0.478. The number of rotatable bonds is 10. The van der Waals surface area contributed by atoms with Crippen molar-refractivity contribution >= 4 is 0 Å². The SMILES string of the molecule is C=CC[C@@H](/C=C/C1CCCCC1)N(CC=C)[C@H](CO)c1ccccc1. The van der Waals surface area contributed by atoms with E-state index in [2.05, 4.69) is 42.3 Å². The molecule has 1 aliphatic carbocycles. The van der Waals surface area contributed by atoms with Crippen molar-refractivity contribution in [3.8, 4) is 0 Å². The fourth-order valence-electron chi connectivity index (χ4n) is 3.83. The quantitative estimate of drug-likeness (QED) is 0.586. The molecule has 0 bridgehead atoms. The second kappa shape index (κ2) is 11.1. The van der Waals surface area contributed by atoms with E-state index in [0.717, 1.165) is 18.5 Å². The summed E-state index contributed by atoms with van der Waals surface area (Å²) in [5, 5.41) is 10.1. The first-order chi connectivity index (χ1) is 12.3. The Bertz CT molecular complexity index is 530. The van der Waals surface area contributed by atoms with Gasteiger partial charge in [0.15, 0.2) is 0 Å². The van der Waals surface area contributed by atoms with Crippen LogP contribution in [0.4, 0.5) is 0 Å². The average molecular weight is 340 g/mol. The molecule has 1 aromatic carbocycles. The summed E-state index contributed by atoms with van der Waals surface area (Å²) in [6.07, 6.45) is 16.2. The standard InChI is InChI=1S/C23H33NO/c1-3-11-22(17-16-20-12-7-5-8-13-20)24(18-4-2)23(19-25)21-14-9-6-10-15-21/h3-4,6,9-10,14-17,20,22-23,25H,1-2,5,7-8,11-13,18-19H2/b17-16+/t22-,23+/m0/s1. The van der Waals surface area contributed by atoms with Crippen LogP contribution in [0, 0.1) is 5.92 Å². The molecule has 25 heavy (non-hydrogen) atoms. The number of hydrogen-bond donors (Lipinski definition) is 1. The Hall–Kier alpha value is -1.64. The Morgan fingerprint density at radius 2 is 1.80 bits per heavy atom. The number of nitrogens with zero attached hydrogens (tertiary/aromatic N) is 1. The number of aliphatic hydroxyl groups excluding tert-OH is 1. The lowest BCUT2D eigenvalue weighted by atomic mass is 9.88. The molecule has 2 nitrogen and oxygen atoms in total.